The van der Waals surface area contributed by atoms with Gasteiger partial charge in [0, 0.05) is 0 Å². The lowest BCUT2D eigenvalue weighted by Gasteiger charge is -2.12. The predicted octanol–water partition coefficient (Wildman–Crippen LogP) is -2.74. The Kier molecular flexibility index (Phi) is 1.61. The van der Waals surface area contributed by atoms with Crippen LogP contribution in [0.2, 0.25) is 0 Å². The maximum Gasteiger partial charge on any atom is 0.365 e. The highest BCUT2D eigenvalue weighted by Crippen LogP contribution is 2.35. The van der Waals surface area contributed by atoms with E-state index >= 15 is 0 Å². The van der Waals surface area contributed by atoms with Crippen LogP contribution in [-0.2, 0) is 9.53 Å². The average Bonchev–Trinajstić information content (AvgIpc) is 2.43. The van der Waals surface area contributed by atoms with Crippen LogP contribution in [0.3, 0.4) is 0 Å². The fourth-order valence-corrected chi connectivity index (χ4v) is 1.97. The molecule has 2 rings (SSSR count). The molecule has 5 heteroatoms. The fraction of sp³-hybridized carbons (Fsp3) is 0.857. The number of rotatable bonds is 0. The molecule has 1 saturated heterocycles. The normalized spacial score (nSPS) is 52.2. The van der Waals surface area contributed by atoms with Crippen molar-refractivity contribution < 1.29 is 25.5 Å². The first kappa shape index (κ1) is 7.97. The molecule has 0 radical (unpaired) electrons. The Labute approximate surface area is 69.1 Å². The van der Waals surface area contributed by atoms with E-state index in [1.165, 1.54) is 0 Å². The van der Waals surface area contributed by atoms with Crippen LogP contribution >= 0.6 is 0 Å². The minimum Gasteiger partial charge on any atom is -0.455 e. The lowest BCUT2D eigenvalue weighted by Crippen LogP contribution is -2.66. The van der Waals surface area contributed by atoms with Crippen molar-refractivity contribution in [3.8, 4) is 0 Å². The number of ether oxygens (including phenoxy) is 1. The summed E-state index contributed by atoms with van der Waals surface area (Å²) in [5.74, 6) is -0.474. The summed E-state index contributed by atoms with van der Waals surface area (Å²) in [4.78, 5) is 11.0. The minimum atomic E-state index is -0.925. The van der Waals surface area contributed by atoms with Gasteiger partial charge in [0.05, 0.1) is 12.0 Å². The summed E-state index contributed by atoms with van der Waals surface area (Å²) in [6, 6.07) is -0.429. The van der Waals surface area contributed by atoms with Gasteiger partial charge in [0.15, 0.2) is 6.04 Å². The van der Waals surface area contributed by atoms with E-state index in [1.807, 2.05) is 0 Å². The molecular weight excluding hydrogens is 162 g/mol. The molecule has 0 aromatic carbocycles. The Balaban J connectivity index is 2.19. The molecule has 5 atom stereocenters. The van der Waals surface area contributed by atoms with Crippen LogP contribution in [0.1, 0.15) is 6.42 Å². The fourth-order valence-electron chi connectivity index (χ4n) is 1.97. The highest BCUT2D eigenvalue weighted by molar-refractivity contribution is 5.77. The molecule has 2 fully saturated rings. The first-order valence-electron chi connectivity index (χ1n) is 4.01. The van der Waals surface area contributed by atoms with Gasteiger partial charge in [0.2, 0.25) is 0 Å². The standard InChI is InChI=1S/C7H11NO4/c8-4-2-1-3(9)5(10)6(2)12-7(4)11/h2-6,9-10H,1,8H2/p+1/t2-,3+,4+,5+,6+/m0/s1. The second-order valence-corrected chi connectivity index (χ2v) is 3.47. The number of aliphatic hydroxyl groups excluding tert-OH is 2. The van der Waals surface area contributed by atoms with E-state index in [-0.39, 0.29) is 11.9 Å². The van der Waals surface area contributed by atoms with Gasteiger partial charge in [-0.2, -0.15) is 0 Å². The Bertz CT molecular complexity index is 219. The number of esters is 1. The van der Waals surface area contributed by atoms with Gasteiger partial charge in [0.25, 0.3) is 0 Å². The Morgan fingerprint density at radius 2 is 2.17 bits per heavy atom. The molecule has 0 unspecified atom stereocenters. The third kappa shape index (κ3) is 0.872. The van der Waals surface area contributed by atoms with Crippen LogP contribution in [0.5, 0.6) is 0 Å². The van der Waals surface area contributed by atoms with Crippen molar-refractivity contribution in [2.75, 3.05) is 0 Å². The van der Waals surface area contributed by atoms with Crippen LogP contribution in [0.4, 0.5) is 0 Å². The molecule has 0 spiro atoms. The quantitative estimate of drug-likeness (QED) is 0.347. The van der Waals surface area contributed by atoms with E-state index in [2.05, 4.69) is 5.73 Å². The molecule has 5 nitrogen and oxygen atoms in total. The average molecular weight is 174 g/mol. The third-order valence-corrected chi connectivity index (χ3v) is 2.74. The van der Waals surface area contributed by atoms with Crippen molar-refractivity contribution in [2.45, 2.75) is 30.8 Å². The zero-order valence-corrected chi connectivity index (χ0v) is 6.51. The molecule has 0 aromatic rings. The number of carbonyl (C=O) groups is 1. The van der Waals surface area contributed by atoms with Gasteiger partial charge in [0.1, 0.15) is 12.2 Å². The summed E-state index contributed by atoms with van der Waals surface area (Å²) < 4.78 is 4.87. The van der Waals surface area contributed by atoms with Crippen LogP contribution in [-0.4, -0.2) is 40.5 Å². The number of hydrogen-bond acceptors (Lipinski definition) is 4. The van der Waals surface area contributed by atoms with E-state index in [0.29, 0.717) is 6.42 Å². The van der Waals surface area contributed by atoms with Gasteiger partial charge < -0.3 is 20.7 Å². The zero-order chi connectivity index (χ0) is 8.88. The van der Waals surface area contributed by atoms with Crippen LogP contribution in [0.25, 0.3) is 0 Å². The second kappa shape index (κ2) is 2.42. The molecule has 0 aromatic heterocycles. The summed E-state index contributed by atoms with van der Waals surface area (Å²) >= 11 is 0. The second-order valence-electron chi connectivity index (χ2n) is 3.47. The van der Waals surface area contributed by atoms with Gasteiger partial charge in [-0.3, -0.25) is 0 Å². The summed E-state index contributed by atoms with van der Waals surface area (Å²) in [5.41, 5.74) is 3.63. The first-order valence-corrected chi connectivity index (χ1v) is 4.01. The van der Waals surface area contributed by atoms with E-state index in [1.54, 1.807) is 0 Å². The number of fused-ring (bicyclic) bond motifs is 1. The van der Waals surface area contributed by atoms with Gasteiger partial charge in [-0.15, -0.1) is 0 Å². The minimum absolute atomic E-state index is 0.109. The summed E-state index contributed by atoms with van der Waals surface area (Å²) in [6.45, 7) is 0. The maximum absolute atomic E-state index is 11.0. The Hall–Kier alpha value is -0.650. The largest absolute Gasteiger partial charge is 0.455 e. The van der Waals surface area contributed by atoms with Crippen molar-refractivity contribution >= 4 is 5.97 Å². The van der Waals surface area contributed by atoms with Crippen LogP contribution < -0.4 is 5.73 Å². The third-order valence-electron chi connectivity index (χ3n) is 2.74. The highest BCUT2D eigenvalue weighted by atomic mass is 16.6. The van der Waals surface area contributed by atoms with Gasteiger partial charge in [-0.1, -0.05) is 0 Å². The van der Waals surface area contributed by atoms with Gasteiger partial charge in [-0.25, -0.2) is 4.79 Å². The lowest BCUT2D eigenvalue weighted by atomic mass is 10.00. The monoisotopic (exact) mass is 174 g/mol. The molecule has 1 aliphatic carbocycles. The maximum atomic E-state index is 11.0. The van der Waals surface area contributed by atoms with Crippen molar-refractivity contribution in [2.24, 2.45) is 5.92 Å². The van der Waals surface area contributed by atoms with Crippen molar-refractivity contribution in [1.29, 1.82) is 0 Å². The van der Waals surface area contributed by atoms with Crippen LogP contribution in [0, 0.1) is 5.92 Å². The molecule has 0 amide bonds. The van der Waals surface area contributed by atoms with E-state index in [9.17, 15) is 15.0 Å². The van der Waals surface area contributed by atoms with E-state index < -0.39 is 24.4 Å². The highest BCUT2D eigenvalue weighted by Gasteiger charge is 2.55. The molecule has 1 saturated carbocycles. The van der Waals surface area contributed by atoms with Gasteiger partial charge in [-0.05, 0) is 6.42 Å². The van der Waals surface area contributed by atoms with E-state index in [0.717, 1.165) is 0 Å². The van der Waals surface area contributed by atoms with Gasteiger partial charge >= 0.3 is 5.97 Å². The molecule has 1 heterocycles. The number of quaternary nitrogens is 1. The molecule has 0 bridgehead atoms. The number of carbonyl (C=O) groups excluding carboxylic acids is 1. The van der Waals surface area contributed by atoms with Crippen molar-refractivity contribution in [1.82, 2.24) is 0 Å². The van der Waals surface area contributed by atoms with Crippen molar-refractivity contribution in [3.05, 3.63) is 0 Å². The summed E-state index contributed by atoms with van der Waals surface area (Å²) in [6.07, 6.45) is -1.82. The number of aliphatic hydroxyl groups is 2. The molecule has 5 N–H and O–H groups in total. The molecular formula is C7H12NO4+. The lowest BCUT2D eigenvalue weighted by molar-refractivity contribution is -0.412. The molecule has 1 aliphatic heterocycles. The smallest absolute Gasteiger partial charge is 0.365 e. The summed E-state index contributed by atoms with van der Waals surface area (Å²) in [7, 11) is 0. The molecule has 68 valence electrons. The van der Waals surface area contributed by atoms with E-state index in [4.69, 9.17) is 4.74 Å². The predicted molar refractivity (Wildman–Crippen MR) is 36.7 cm³/mol. The molecule has 2 aliphatic rings. The molecule has 12 heavy (non-hydrogen) atoms. The Morgan fingerprint density at radius 3 is 2.75 bits per heavy atom. The first-order chi connectivity index (χ1) is 5.61. The summed E-state index contributed by atoms with van der Waals surface area (Å²) in [5, 5.41) is 18.6. The number of hydrogen-bond donors (Lipinski definition) is 3. The van der Waals surface area contributed by atoms with Crippen LogP contribution in [0.15, 0.2) is 0 Å². The Morgan fingerprint density at radius 1 is 1.50 bits per heavy atom. The topological polar surface area (TPSA) is 94.4 Å². The zero-order valence-electron chi connectivity index (χ0n) is 6.51. The van der Waals surface area contributed by atoms with Crippen molar-refractivity contribution in [3.63, 3.8) is 0 Å². The SMILES string of the molecule is [NH3+][C@H]1C(=O)O[C@H]2[C@H](O)[C@H](O)C[C@H]21.